The Morgan fingerprint density at radius 3 is 1.79 bits per heavy atom. The zero-order valence-electron chi connectivity index (χ0n) is 85.2. The number of aromatic carboxylic acids is 1. The van der Waals surface area contributed by atoms with E-state index in [9.17, 15) is 81.7 Å². The van der Waals surface area contributed by atoms with Crippen LogP contribution in [-0.2, 0) is 144 Å². The molecule has 2 unspecified atom stereocenters. The molecule has 7 amide bonds. The summed E-state index contributed by atoms with van der Waals surface area (Å²) in [5, 5.41) is 69.7. The van der Waals surface area contributed by atoms with Crippen LogP contribution in [-0.4, -0.2) is 360 Å². The minimum atomic E-state index is -4.67. The maximum Gasteiger partial charge on any atom is 0.410 e. The number of hydrogen-bond acceptors (Lipinski definition) is 34. The van der Waals surface area contributed by atoms with E-state index in [0.717, 1.165) is 68.3 Å². The van der Waals surface area contributed by atoms with Crippen molar-refractivity contribution < 1.29 is 153 Å². The predicted molar refractivity (Wildman–Crippen MR) is 542 cm³/mol. The van der Waals surface area contributed by atoms with Crippen molar-refractivity contribution in [1.82, 2.24) is 40.2 Å². The highest BCUT2D eigenvalue weighted by Gasteiger charge is 2.66. The fraction of sp³-hybridized carbons (Fsp3) is 0.577. The summed E-state index contributed by atoms with van der Waals surface area (Å²) in [6.45, 7) is 20.1. The first-order chi connectivity index (χ1) is 71.5. The van der Waals surface area contributed by atoms with Crippen molar-refractivity contribution in [3.8, 4) is 16.9 Å². The van der Waals surface area contributed by atoms with Gasteiger partial charge in [-0.05, 0) is 176 Å². The maximum atomic E-state index is 14.5. The molecular weight excluding hydrogens is 1980 g/mol. The Labute approximate surface area is 869 Å². The molecule has 14 rings (SSSR count). The van der Waals surface area contributed by atoms with Crippen molar-refractivity contribution in [2.75, 3.05) is 200 Å². The largest absolute Gasteiger partial charge is 0.491 e. The summed E-state index contributed by atoms with van der Waals surface area (Å²) >= 11 is 1.38. The molecule has 45 heteroatoms. The van der Waals surface area contributed by atoms with Crippen molar-refractivity contribution in [2.45, 2.75) is 180 Å². The van der Waals surface area contributed by atoms with E-state index in [2.05, 4.69) is 40.1 Å². The van der Waals surface area contributed by atoms with Crippen LogP contribution in [0.5, 0.6) is 5.75 Å². The lowest BCUT2D eigenvalue weighted by atomic mass is 9.39. The lowest BCUT2D eigenvalue weighted by Crippen LogP contribution is -2.64. The zero-order chi connectivity index (χ0) is 106. The number of carboxylic acids is 2. The third kappa shape index (κ3) is 32.8. The molecule has 10 atom stereocenters. The van der Waals surface area contributed by atoms with Crippen LogP contribution in [0.4, 0.5) is 21.4 Å². The number of thiazole rings is 1. The molecule has 1 saturated heterocycles. The summed E-state index contributed by atoms with van der Waals surface area (Å²) in [5.74, 6) is -7.75. The molecule has 6 heterocycles. The number of benzene rings is 4. The highest BCUT2D eigenvalue weighted by Crippen LogP contribution is 2.72. The number of carboxylic acid groups (broad SMARTS) is 2. The molecule has 10 N–H and O–H groups in total. The number of aromatic nitrogens is 4. The lowest BCUT2D eigenvalue weighted by Gasteiger charge is -2.69. The highest BCUT2D eigenvalue weighted by molar-refractivity contribution is 7.85. The Hall–Kier alpha value is -11.0. The Bertz CT molecular complexity index is 5760. The Kier molecular flexibility index (Phi) is 42.3. The summed E-state index contributed by atoms with van der Waals surface area (Å²) in [6.07, 6.45) is -1.83. The smallest absolute Gasteiger partial charge is 0.410 e. The van der Waals surface area contributed by atoms with Gasteiger partial charge in [-0.2, -0.15) is 13.5 Å². The van der Waals surface area contributed by atoms with Crippen molar-refractivity contribution in [1.29, 1.82) is 0 Å². The number of aliphatic hydroxyl groups is 3. The minimum absolute atomic E-state index is 0.0968. The quantitative estimate of drug-likeness (QED) is 0.0102. The van der Waals surface area contributed by atoms with Crippen LogP contribution in [0.25, 0.3) is 21.3 Å². The molecule has 5 fully saturated rings. The standard InChI is InChI=1S/C104H139N11O32S2/c1-67(2)87(110-95(123)81(115-85(116)25-26-86(115)117)55-70-15-20-75(21-16-70)144-53-52-143-51-50-142-49-48-141-47-46-140-45-44-139-43-42-138-41-40-137-39-38-136-37-36-135-35-34-134-33-32-133-7)96(124)106-68(3)93(121)107-74-19-17-73(72(56-74)18-23-82-89(118)90(119)91(120)92(147-82)98(127)128)59-145-100(129)112(30-54-149(130,131)132)29-31-146-104-63-101(5)60-102(6,64-104)62-103(61-101,65-104)66-114-69(4)78(57-105-114)76-22-24-84(109-88(76)97(125)126)113-28-27-71-11-10-12-77(79(71)58-113)94(122)111-99-108-80-13-8-9-14-83(80)148-99/h8-17,19-22,24-26,56-57,67-68,81-82,87,89-92,118-120H,18,23,27-55,58-66H2,1-7H3,(H,106,124)(H,107,121)(H,110,123)(H,125,126)(H,127,128)(H,108,111,122)(H,130,131,132)/t68-,81-,82-,87-,89-,90-,91+,92-,101?,102?,103?,104?/m0/s1. The van der Waals surface area contributed by atoms with Crippen molar-refractivity contribution in [3.05, 3.63) is 160 Å². The van der Waals surface area contributed by atoms with Crippen LogP contribution in [0.1, 0.15) is 134 Å². The molecule has 4 aromatic carbocycles. The summed E-state index contributed by atoms with van der Waals surface area (Å²) in [6, 6.07) is 23.7. The maximum absolute atomic E-state index is 14.5. The van der Waals surface area contributed by atoms with Crippen LogP contribution in [0.2, 0.25) is 0 Å². The van der Waals surface area contributed by atoms with Gasteiger partial charge in [0.2, 0.25) is 17.7 Å². The van der Waals surface area contributed by atoms with Crippen LogP contribution in [0.3, 0.4) is 0 Å². The normalized spacial score (nSPS) is 21.5. The van der Waals surface area contributed by atoms with Gasteiger partial charge in [-0.15, -0.1) is 0 Å². The Morgan fingerprint density at radius 1 is 0.617 bits per heavy atom. The minimum Gasteiger partial charge on any atom is -0.491 e. The average Bonchev–Trinajstić information content (AvgIpc) is 1.32. The molecule has 149 heavy (non-hydrogen) atoms. The number of nitrogens with one attached hydrogen (secondary N) is 4. The molecule has 43 nitrogen and oxygen atoms in total. The number of hydrogen-bond donors (Lipinski definition) is 10. The van der Waals surface area contributed by atoms with E-state index in [1.807, 2.05) is 52.9 Å². The molecule has 7 aromatic rings. The first-order valence-electron chi connectivity index (χ1n) is 50.3. The van der Waals surface area contributed by atoms with Crippen molar-refractivity contribution >= 4 is 102 Å². The van der Waals surface area contributed by atoms with E-state index in [4.69, 9.17) is 81.1 Å². The number of ether oxygens (including phenoxy) is 15. The number of rotatable bonds is 64. The number of anilines is 3. The summed E-state index contributed by atoms with van der Waals surface area (Å²) in [4.78, 5) is 137. The van der Waals surface area contributed by atoms with Gasteiger partial charge in [-0.1, -0.05) is 81.5 Å². The number of fused-ring (bicyclic) bond motifs is 2. The second kappa shape index (κ2) is 54.8. The van der Waals surface area contributed by atoms with Gasteiger partial charge in [0.15, 0.2) is 16.9 Å². The molecule has 3 aliphatic heterocycles. The topological polar surface area (TPSA) is 549 Å². The number of aryl methyl sites for hydroxylation is 1. The fourth-order valence-electron chi connectivity index (χ4n) is 21.1. The van der Waals surface area contributed by atoms with E-state index in [0.29, 0.717) is 222 Å². The van der Waals surface area contributed by atoms with Gasteiger partial charge in [-0.3, -0.25) is 48.2 Å². The van der Waals surface area contributed by atoms with Crippen molar-refractivity contribution in [2.24, 2.45) is 22.2 Å². The number of methoxy groups -OCH3 is 1. The monoisotopic (exact) mass is 2120 g/mol. The Morgan fingerprint density at radius 2 is 1.21 bits per heavy atom. The van der Waals surface area contributed by atoms with Gasteiger partial charge in [-0.25, -0.2) is 24.4 Å². The predicted octanol–water partition coefficient (Wildman–Crippen LogP) is 7.22. The first kappa shape index (κ1) is 115. The van der Waals surface area contributed by atoms with Crippen molar-refractivity contribution in [3.63, 3.8) is 0 Å². The van der Waals surface area contributed by atoms with E-state index in [1.54, 1.807) is 69.6 Å². The molecule has 0 radical (unpaired) electrons. The van der Waals surface area contributed by atoms with E-state index < -0.39 is 137 Å². The number of nitrogens with zero attached hydrogens (tertiary/aromatic N) is 7. The van der Waals surface area contributed by atoms with Crippen LogP contribution in [0, 0.1) is 29.1 Å². The highest BCUT2D eigenvalue weighted by atomic mass is 32.2. The van der Waals surface area contributed by atoms with E-state index >= 15 is 0 Å². The second-order valence-electron chi connectivity index (χ2n) is 39.4. The molecule has 4 saturated carbocycles. The van der Waals surface area contributed by atoms with Crippen LogP contribution in [0.15, 0.2) is 115 Å². The van der Waals surface area contributed by atoms with Gasteiger partial charge < -0.3 is 122 Å². The molecule has 3 aromatic heterocycles. The second-order valence-corrected chi connectivity index (χ2v) is 42.0. The number of aliphatic carboxylic acids is 1. The lowest BCUT2D eigenvalue weighted by molar-refractivity contribution is -0.248. The molecule has 4 bridgehead atoms. The van der Waals surface area contributed by atoms with Gasteiger partial charge >= 0.3 is 18.0 Å². The molecule has 814 valence electrons. The number of para-hydroxylation sites is 1. The number of carbonyl (C=O) groups is 9. The third-order valence-electron chi connectivity index (χ3n) is 27.2. The first-order valence-corrected chi connectivity index (χ1v) is 52.7. The molecule has 4 aliphatic carbocycles. The zero-order valence-corrected chi connectivity index (χ0v) is 86.8. The van der Waals surface area contributed by atoms with Gasteiger partial charge in [0.1, 0.15) is 61.2 Å². The van der Waals surface area contributed by atoms with E-state index in [1.165, 1.54) is 36.5 Å². The third-order valence-corrected chi connectivity index (χ3v) is 28.8. The number of carbonyl (C=O) groups excluding carboxylic acids is 7. The molecule has 0 spiro atoms. The average molecular weight is 2120 g/mol. The number of pyridine rings is 1. The number of aliphatic hydroxyl groups excluding tert-OH is 3. The van der Waals surface area contributed by atoms with Crippen LogP contribution < -0.4 is 30.9 Å². The molecular formula is C104H139N11O32S2. The molecule has 7 aliphatic rings. The number of amides is 7. The number of imide groups is 1. The van der Waals surface area contributed by atoms with Gasteiger partial charge in [0, 0.05) is 86.5 Å². The van der Waals surface area contributed by atoms with Gasteiger partial charge in [0.25, 0.3) is 27.8 Å². The fourth-order valence-corrected chi connectivity index (χ4v) is 22.4. The summed E-state index contributed by atoms with van der Waals surface area (Å²) < 4.78 is 123. The SMILES string of the molecule is COCCOCCOCCOCCOCCOCCOCCOCCOCCOCCOCCOc1ccc(C[C@@H](C(=O)N[C@H](C(=O)N[C@@H](C)C(=O)Nc2ccc(COC(=O)N(CCOC34CC5(C)CC(C)(CC(Cn6ncc(-c7ccc(N8CCc9cccc(C(=O)Nc%10nc%11ccccc%11s%10)c9C8)nc7C(=O)O)c6C)(C5)C3)C4)CCS(=O)(=O)O)c(CC[C@@H]3O[C@H](C(=O)O)[C@H](O)[C@@H](O)[C@H]3O)c2)C(C)C)N2C(=O)C=CC2=O)cc1. The van der Waals surface area contributed by atoms with E-state index in [-0.39, 0.29) is 84.7 Å². The van der Waals surface area contributed by atoms with Crippen LogP contribution >= 0.6 is 11.3 Å². The Balaban J connectivity index is 0.566. The summed E-state index contributed by atoms with van der Waals surface area (Å²) in [7, 11) is -3.05. The van der Waals surface area contributed by atoms with Gasteiger partial charge in [0.05, 0.1) is 179 Å². The summed E-state index contributed by atoms with van der Waals surface area (Å²) in [5.41, 5.74) is 4.26.